The van der Waals surface area contributed by atoms with Crippen molar-refractivity contribution in [1.29, 1.82) is 0 Å². The fraction of sp³-hybridized carbons (Fsp3) is 0.0645. The summed E-state index contributed by atoms with van der Waals surface area (Å²) in [7, 11) is 1.59. The Balaban J connectivity index is 1.35. The van der Waals surface area contributed by atoms with Crippen LogP contribution in [0.3, 0.4) is 0 Å². The minimum atomic E-state index is -0.331. The molecule has 5 rings (SSSR count). The number of aromatic nitrogens is 1. The lowest BCUT2D eigenvalue weighted by atomic mass is 10.0. The highest BCUT2D eigenvalue weighted by Crippen LogP contribution is 2.33. The van der Waals surface area contributed by atoms with Crippen molar-refractivity contribution in [2.75, 3.05) is 7.11 Å². The second kappa shape index (κ2) is 12.4. The normalized spacial score (nSPS) is 11.1. The molecule has 0 atom stereocenters. The number of pyridine rings is 1. The summed E-state index contributed by atoms with van der Waals surface area (Å²) in [5.74, 6) is 0.826. The fourth-order valence-corrected chi connectivity index (χ4v) is 4.79. The molecule has 5 aromatic rings. The molecule has 39 heavy (non-hydrogen) atoms. The van der Waals surface area contributed by atoms with E-state index in [1.165, 1.54) is 3.57 Å². The summed E-state index contributed by atoms with van der Waals surface area (Å²) < 4.78 is 13.5. The van der Waals surface area contributed by atoms with Crippen LogP contribution >= 0.6 is 38.5 Å². The lowest BCUT2D eigenvalue weighted by Crippen LogP contribution is -2.18. The van der Waals surface area contributed by atoms with Crippen LogP contribution in [0.5, 0.6) is 11.5 Å². The predicted octanol–water partition coefficient (Wildman–Crippen LogP) is 7.62. The topological polar surface area (TPSA) is 72.8 Å². The highest BCUT2D eigenvalue weighted by Gasteiger charge is 2.14. The number of amides is 1. The van der Waals surface area contributed by atoms with Crippen molar-refractivity contribution in [2.24, 2.45) is 5.10 Å². The average Bonchev–Trinajstić information content (AvgIpc) is 2.97. The van der Waals surface area contributed by atoms with E-state index in [2.05, 4.69) is 49.0 Å². The number of hydrogen-bond acceptors (Lipinski definition) is 5. The summed E-state index contributed by atoms with van der Waals surface area (Å²) in [4.78, 5) is 18.0. The zero-order valence-electron chi connectivity index (χ0n) is 20.9. The lowest BCUT2D eigenvalue weighted by molar-refractivity contribution is 0.0956. The van der Waals surface area contributed by atoms with Gasteiger partial charge in [-0.15, -0.1) is 0 Å². The molecule has 6 nitrogen and oxygen atoms in total. The van der Waals surface area contributed by atoms with Gasteiger partial charge in [-0.2, -0.15) is 5.10 Å². The molecular weight excluding hydrogens is 669 g/mol. The molecule has 8 heteroatoms. The van der Waals surface area contributed by atoms with E-state index < -0.39 is 0 Å². The number of ether oxygens (including phenoxy) is 2. The Kier molecular flexibility index (Phi) is 8.53. The molecule has 4 aromatic carbocycles. The van der Waals surface area contributed by atoms with Gasteiger partial charge in [0.2, 0.25) is 0 Å². The molecule has 0 fully saturated rings. The van der Waals surface area contributed by atoms with Crippen molar-refractivity contribution in [3.63, 3.8) is 0 Å². The van der Waals surface area contributed by atoms with Crippen LogP contribution in [0, 0.1) is 3.57 Å². The smallest absolute Gasteiger partial charge is 0.272 e. The van der Waals surface area contributed by atoms with Gasteiger partial charge in [0.15, 0.2) is 11.5 Å². The molecule has 0 aliphatic rings. The van der Waals surface area contributed by atoms with E-state index in [9.17, 15) is 4.79 Å². The Labute approximate surface area is 248 Å². The molecule has 0 aliphatic carbocycles. The summed E-state index contributed by atoms with van der Waals surface area (Å²) in [5.41, 5.74) is 7.32. The highest BCUT2D eigenvalue weighted by molar-refractivity contribution is 14.1. The molecular formula is C31H23BrIN3O3. The van der Waals surface area contributed by atoms with Crippen LogP contribution in [-0.2, 0) is 6.61 Å². The van der Waals surface area contributed by atoms with Crippen LogP contribution in [0.1, 0.15) is 21.5 Å². The number of fused-ring (bicyclic) bond motifs is 1. The van der Waals surface area contributed by atoms with Gasteiger partial charge < -0.3 is 9.47 Å². The van der Waals surface area contributed by atoms with Crippen LogP contribution in [0.25, 0.3) is 22.2 Å². The molecule has 194 valence electrons. The summed E-state index contributed by atoms with van der Waals surface area (Å²) in [6.07, 6.45) is 1.56. The van der Waals surface area contributed by atoms with E-state index in [0.717, 1.165) is 37.8 Å². The van der Waals surface area contributed by atoms with Crippen LogP contribution in [0.15, 0.2) is 107 Å². The number of nitrogens with zero attached hydrogens (tertiary/aromatic N) is 2. The minimum Gasteiger partial charge on any atom is -0.493 e. The SMILES string of the molecule is COc1cc(/C=N/NC(=O)c2cc(-c3ccccc3)nc3ccccc23)c(Br)cc1OCc1ccc(I)cc1. The summed E-state index contributed by atoms with van der Waals surface area (Å²) >= 11 is 5.85. The maximum Gasteiger partial charge on any atom is 0.272 e. The Bertz CT molecular complexity index is 1660. The van der Waals surface area contributed by atoms with Gasteiger partial charge in [0.05, 0.1) is 30.1 Å². The fourth-order valence-electron chi connectivity index (χ4n) is 4.00. The molecule has 1 N–H and O–H groups in total. The van der Waals surface area contributed by atoms with E-state index in [-0.39, 0.29) is 5.91 Å². The molecule has 1 aromatic heterocycles. The van der Waals surface area contributed by atoms with E-state index in [1.807, 2.05) is 84.9 Å². The predicted molar refractivity (Wildman–Crippen MR) is 166 cm³/mol. The van der Waals surface area contributed by atoms with Gasteiger partial charge in [-0.25, -0.2) is 10.4 Å². The number of rotatable bonds is 8. The van der Waals surface area contributed by atoms with Crippen molar-refractivity contribution in [1.82, 2.24) is 10.4 Å². The van der Waals surface area contributed by atoms with Gasteiger partial charge in [0.1, 0.15) is 6.61 Å². The summed E-state index contributed by atoms with van der Waals surface area (Å²) in [5, 5.41) is 4.98. The molecule has 0 unspecified atom stereocenters. The maximum absolute atomic E-state index is 13.2. The first-order chi connectivity index (χ1) is 19.0. The molecule has 0 saturated carbocycles. The Hall–Kier alpha value is -3.76. The number of hydrazone groups is 1. The average molecular weight is 692 g/mol. The van der Waals surface area contributed by atoms with E-state index in [0.29, 0.717) is 23.7 Å². The van der Waals surface area contributed by atoms with Gasteiger partial charge in [-0.05, 0) is 80.5 Å². The number of halogens is 2. The monoisotopic (exact) mass is 691 g/mol. The first-order valence-electron chi connectivity index (χ1n) is 12.0. The van der Waals surface area contributed by atoms with Crippen molar-refractivity contribution < 1.29 is 14.3 Å². The molecule has 0 spiro atoms. The van der Waals surface area contributed by atoms with Crippen LogP contribution < -0.4 is 14.9 Å². The van der Waals surface area contributed by atoms with E-state index in [4.69, 9.17) is 14.5 Å². The summed E-state index contributed by atoms with van der Waals surface area (Å²) in [6.45, 7) is 0.411. The molecule has 0 saturated heterocycles. The number of benzene rings is 4. The number of methoxy groups -OCH3 is 1. The number of nitrogens with one attached hydrogen (secondary N) is 1. The Morgan fingerprint density at radius 1 is 0.974 bits per heavy atom. The van der Waals surface area contributed by atoms with Crippen LogP contribution in [-0.4, -0.2) is 24.2 Å². The second-order valence-electron chi connectivity index (χ2n) is 8.58. The summed E-state index contributed by atoms with van der Waals surface area (Å²) in [6, 6.07) is 30.9. The Morgan fingerprint density at radius 2 is 1.72 bits per heavy atom. The van der Waals surface area contributed by atoms with Gasteiger partial charge >= 0.3 is 0 Å². The van der Waals surface area contributed by atoms with Crippen LogP contribution in [0.2, 0.25) is 0 Å². The van der Waals surface area contributed by atoms with Gasteiger partial charge in [0, 0.05) is 24.6 Å². The third kappa shape index (κ3) is 6.46. The van der Waals surface area contributed by atoms with E-state index in [1.54, 1.807) is 25.5 Å². The first kappa shape index (κ1) is 26.8. The maximum atomic E-state index is 13.2. The van der Waals surface area contributed by atoms with Crippen molar-refractivity contribution in [2.45, 2.75) is 6.61 Å². The highest BCUT2D eigenvalue weighted by atomic mass is 127. The largest absolute Gasteiger partial charge is 0.493 e. The third-order valence-electron chi connectivity index (χ3n) is 5.99. The Morgan fingerprint density at radius 3 is 2.49 bits per heavy atom. The quantitative estimate of drug-likeness (QED) is 0.103. The van der Waals surface area contributed by atoms with Crippen molar-refractivity contribution in [3.8, 4) is 22.8 Å². The number of para-hydroxylation sites is 1. The van der Waals surface area contributed by atoms with Gasteiger partial charge in [0.25, 0.3) is 5.91 Å². The van der Waals surface area contributed by atoms with Gasteiger partial charge in [-0.3, -0.25) is 4.79 Å². The number of carbonyl (C=O) groups is 1. The molecule has 0 radical (unpaired) electrons. The molecule has 0 bridgehead atoms. The second-order valence-corrected chi connectivity index (χ2v) is 10.7. The standard InChI is InChI=1S/C31H23BrIN3O3/c1-38-29-15-22(26(32)17-30(29)39-19-20-11-13-23(33)14-12-20)18-34-36-31(37)25-16-28(21-7-3-2-4-8-21)35-27-10-6-5-9-24(25)27/h2-18H,19H2,1H3,(H,36,37)/b34-18+. The van der Waals surface area contributed by atoms with Crippen LogP contribution in [0.4, 0.5) is 0 Å². The zero-order chi connectivity index (χ0) is 27.2. The van der Waals surface area contributed by atoms with E-state index >= 15 is 0 Å². The number of hydrogen-bond donors (Lipinski definition) is 1. The van der Waals surface area contributed by atoms with Crippen molar-refractivity contribution in [3.05, 3.63) is 122 Å². The lowest BCUT2D eigenvalue weighted by Gasteiger charge is -2.13. The molecule has 1 amide bonds. The molecule has 0 aliphatic heterocycles. The first-order valence-corrected chi connectivity index (χ1v) is 13.9. The molecule has 1 heterocycles. The van der Waals surface area contributed by atoms with Crippen molar-refractivity contribution >= 4 is 61.5 Å². The number of carbonyl (C=O) groups excluding carboxylic acids is 1. The third-order valence-corrected chi connectivity index (χ3v) is 7.40. The minimum absolute atomic E-state index is 0.331. The van der Waals surface area contributed by atoms with Gasteiger partial charge in [-0.1, -0.05) is 60.7 Å². The zero-order valence-corrected chi connectivity index (χ0v) is 24.6.